The van der Waals surface area contributed by atoms with Crippen molar-refractivity contribution in [2.75, 3.05) is 64.9 Å². The number of benzene rings is 3. The zero-order valence-electron chi connectivity index (χ0n) is 39.5. The fourth-order valence-corrected chi connectivity index (χ4v) is 10.2. The van der Waals surface area contributed by atoms with Crippen molar-refractivity contribution in [2.24, 2.45) is 7.05 Å². The van der Waals surface area contributed by atoms with Crippen LogP contribution in [0.2, 0.25) is 0 Å². The van der Waals surface area contributed by atoms with Crippen molar-refractivity contribution in [3.63, 3.8) is 0 Å². The molecule has 0 radical (unpaired) electrons. The molecule has 5 aromatic rings. The van der Waals surface area contributed by atoms with Gasteiger partial charge < -0.3 is 29.2 Å². The van der Waals surface area contributed by atoms with Crippen molar-refractivity contribution < 1.29 is 37.8 Å². The number of alkyl halides is 1. The number of imide groups is 1. The number of nitrogens with one attached hydrogen (secondary N) is 1. The van der Waals surface area contributed by atoms with E-state index in [0.717, 1.165) is 34.9 Å². The molecule has 68 heavy (non-hydrogen) atoms. The van der Waals surface area contributed by atoms with E-state index < -0.39 is 10.8 Å². The highest BCUT2D eigenvalue weighted by atomic mass is 31.0. The number of halogens is 1. The Morgan fingerprint density at radius 3 is 2.37 bits per heavy atom. The maximum atomic E-state index is 16.6. The van der Waals surface area contributed by atoms with Crippen molar-refractivity contribution in [2.45, 2.75) is 70.0 Å². The first kappa shape index (κ1) is 49.4. The number of piperidine rings is 1. The second-order valence-corrected chi connectivity index (χ2v) is 18.3. The van der Waals surface area contributed by atoms with Gasteiger partial charge in [0.25, 0.3) is 11.8 Å². The van der Waals surface area contributed by atoms with E-state index in [4.69, 9.17) is 24.6 Å². The summed E-state index contributed by atoms with van der Waals surface area (Å²) in [7, 11) is 7.46. The number of likely N-dealkylation sites (N-methyl/N-ethyl adjacent to an activating group) is 1. The molecular weight excluding hydrogens is 889 g/mol. The van der Waals surface area contributed by atoms with E-state index in [9.17, 15) is 19.2 Å². The number of carbonyl (C=O) groups is 4. The lowest BCUT2D eigenvalue weighted by molar-refractivity contribution is -0.126. The SMILES string of the molecule is CC#N.CCOc1cc(CN2C(=O)c3ccnc(N4CCN(C5CCN(Cc6ccc(Oc7ccc8c(C(C)(CCC=O)C(=O)NC)nn(C)c8c7)cc6)CC5(F)P)CC4)c3C2=O)ccc1OC. The molecule has 1 N–H and O–H groups in total. The van der Waals surface area contributed by atoms with Crippen LogP contribution in [0.15, 0.2) is 72.9 Å². The molecule has 2 aromatic heterocycles. The standard InChI is InChI=1S/C48H56FN8O7P.C2H3N/c1-6-63-39-26-32(10-15-38(39)62-5)29-57-44(59)36-16-19-51-43(41(36)45(57)60)56-23-21-55(22-24-56)40-17-20-54(30-48(40,49)65)28-31-8-11-33(12-9-31)64-34-13-14-35-37(27-34)53(4)52-42(35)47(2,18-7-25-58)46(61)50-3;1-2-3/h8-16,19,25-27,40H,6-7,17-18,20-24,28-30,65H2,1-5H3,(H,50,61);1H3. The summed E-state index contributed by atoms with van der Waals surface area (Å²) in [5, 5.41) is 14.0. The first-order chi connectivity index (χ1) is 32.7. The van der Waals surface area contributed by atoms with Crippen LogP contribution in [-0.2, 0) is 35.1 Å². The first-order valence-electron chi connectivity index (χ1n) is 22.7. The number of likely N-dealkylation sites (tertiary alicyclic amines) is 1. The van der Waals surface area contributed by atoms with E-state index in [1.807, 2.05) is 74.3 Å². The van der Waals surface area contributed by atoms with Crippen molar-refractivity contribution in [1.29, 1.82) is 5.26 Å². The summed E-state index contributed by atoms with van der Waals surface area (Å²) in [6.07, 6.45) is 3.61. The number of nitriles is 1. The lowest BCUT2D eigenvalue weighted by Crippen LogP contribution is -2.61. The highest BCUT2D eigenvalue weighted by Gasteiger charge is 2.45. The number of rotatable bonds is 16. The Morgan fingerprint density at radius 2 is 1.71 bits per heavy atom. The highest BCUT2D eigenvalue weighted by molar-refractivity contribution is 7.18. The normalized spacial score (nSPS) is 19.4. The molecule has 0 spiro atoms. The Balaban J connectivity index is 0.00000222. The number of hydrogen-bond acceptors (Lipinski definition) is 13. The minimum Gasteiger partial charge on any atom is -0.493 e. The van der Waals surface area contributed by atoms with Crippen molar-refractivity contribution in [3.05, 3.63) is 101 Å². The number of aryl methyl sites for hydroxylation is 1. The summed E-state index contributed by atoms with van der Waals surface area (Å²) in [6, 6.07) is 21.9. The number of fused-ring (bicyclic) bond motifs is 2. The monoisotopic (exact) mass is 947 g/mol. The number of amides is 3. The van der Waals surface area contributed by atoms with Gasteiger partial charge in [-0.1, -0.05) is 27.4 Å². The van der Waals surface area contributed by atoms with Crippen molar-refractivity contribution >= 4 is 50.0 Å². The fourth-order valence-electron chi connectivity index (χ4n) is 9.53. The number of piperazine rings is 1. The van der Waals surface area contributed by atoms with Gasteiger partial charge >= 0.3 is 0 Å². The quantitative estimate of drug-likeness (QED) is 0.0653. The second-order valence-electron chi connectivity index (χ2n) is 17.4. The molecule has 4 atom stereocenters. The molecule has 5 heterocycles. The third-order valence-electron chi connectivity index (χ3n) is 12.9. The van der Waals surface area contributed by atoms with Gasteiger partial charge in [0.05, 0.1) is 54.1 Å². The Bertz CT molecular complexity index is 2700. The predicted molar refractivity (Wildman–Crippen MR) is 259 cm³/mol. The molecule has 3 aliphatic heterocycles. The lowest BCUT2D eigenvalue weighted by Gasteiger charge is -2.48. The number of anilines is 1. The molecule has 358 valence electrons. The van der Waals surface area contributed by atoms with Crippen LogP contribution in [0, 0.1) is 11.3 Å². The van der Waals surface area contributed by atoms with Gasteiger partial charge in [0.1, 0.15) is 23.6 Å². The van der Waals surface area contributed by atoms with Crippen molar-refractivity contribution in [3.8, 4) is 29.1 Å². The number of pyridine rings is 1. The van der Waals surface area contributed by atoms with Crippen LogP contribution in [0.4, 0.5) is 10.2 Å². The third kappa shape index (κ3) is 10.2. The minimum absolute atomic E-state index is 0.0796. The van der Waals surface area contributed by atoms with Crippen LogP contribution < -0.4 is 24.4 Å². The molecule has 0 aliphatic carbocycles. The number of carbonyl (C=O) groups excluding carboxylic acids is 4. The average molecular weight is 948 g/mol. The van der Waals surface area contributed by atoms with Crippen LogP contribution in [0.5, 0.6) is 23.0 Å². The number of methoxy groups -OCH3 is 1. The molecule has 3 aliphatic rings. The van der Waals surface area contributed by atoms with E-state index >= 15 is 4.39 Å². The maximum absolute atomic E-state index is 16.6. The Kier molecular flexibility index (Phi) is 15.4. The molecule has 2 saturated heterocycles. The zero-order chi connectivity index (χ0) is 48.8. The number of nitrogens with zero attached hydrogens (tertiary/aromatic N) is 8. The van der Waals surface area contributed by atoms with Gasteiger partial charge in [-0.3, -0.25) is 33.8 Å². The lowest BCUT2D eigenvalue weighted by atomic mass is 9.80. The smallest absolute Gasteiger partial charge is 0.265 e. The van der Waals surface area contributed by atoms with Crippen molar-refractivity contribution in [1.82, 2.24) is 34.8 Å². The Hall–Kier alpha value is -6.47. The summed E-state index contributed by atoms with van der Waals surface area (Å²) in [5.41, 5.74) is 2.83. The largest absolute Gasteiger partial charge is 0.493 e. The van der Waals surface area contributed by atoms with Crippen LogP contribution in [-0.4, -0.2) is 125 Å². The Labute approximate surface area is 398 Å². The number of hydrogen-bond donors (Lipinski definition) is 1. The van der Waals surface area contributed by atoms with Crippen LogP contribution in [0.1, 0.15) is 77.6 Å². The van der Waals surface area contributed by atoms with E-state index in [2.05, 4.69) is 29.3 Å². The molecule has 4 unspecified atom stereocenters. The Morgan fingerprint density at radius 1 is 1.00 bits per heavy atom. The molecule has 8 rings (SSSR count). The summed E-state index contributed by atoms with van der Waals surface area (Å²) >= 11 is 0. The van der Waals surface area contributed by atoms with Gasteiger partial charge in [-0.15, -0.1) is 0 Å². The maximum Gasteiger partial charge on any atom is 0.265 e. The van der Waals surface area contributed by atoms with Gasteiger partial charge in [-0.25, -0.2) is 9.37 Å². The summed E-state index contributed by atoms with van der Waals surface area (Å²) in [4.78, 5) is 63.9. The fraction of sp³-hybridized carbons (Fsp3) is 0.420. The topological polar surface area (TPSA) is 175 Å². The van der Waals surface area contributed by atoms with Gasteiger partial charge in [0, 0.05) is 96.9 Å². The van der Waals surface area contributed by atoms with Crippen LogP contribution in [0.25, 0.3) is 10.9 Å². The molecule has 2 fully saturated rings. The predicted octanol–water partition coefficient (Wildman–Crippen LogP) is 6.41. The highest BCUT2D eigenvalue weighted by Crippen LogP contribution is 2.39. The minimum atomic E-state index is -1.54. The molecule has 3 aromatic carbocycles. The molecule has 0 saturated carbocycles. The van der Waals surface area contributed by atoms with Crippen LogP contribution >= 0.6 is 9.24 Å². The van der Waals surface area contributed by atoms with Gasteiger partial charge in [0.2, 0.25) is 5.91 Å². The molecule has 16 nitrogen and oxygen atoms in total. The van der Waals surface area contributed by atoms with E-state index in [1.54, 1.807) is 49.3 Å². The van der Waals surface area contributed by atoms with E-state index in [1.165, 1.54) is 11.8 Å². The number of aromatic nitrogens is 3. The molecule has 3 amide bonds. The molecule has 0 bridgehead atoms. The van der Waals surface area contributed by atoms with Crippen LogP contribution in [0.3, 0.4) is 0 Å². The molecular formula is C50H59FN9O7P. The third-order valence-corrected chi connectivity index (χ3v) is 13.5. The molecule has 18 heteroatoms. The van der Waals surface area contributed by atoms with E-state index in [0.29, 0.717) is 97.8 Å². The zero-order valence-corrected chi connectivity index (χ0v) is 40.6. The second kappa shape index (κ2) is 21.2. The summed E-state index contributed by atoms with van der Waals surface area (Å²) in [6.45, 7) is 9.44. The number of aldehydes is 1. The van der Waals surface area contributed by atoms with E-state index in [-0.39, 0.29) is 43.3 Å². The number of ether oxygens (including phenoxy) is 3. The van der Waals surface area contributed by atoms with Gasteiger partial charge in [-0.05, 0) is 80.3 Å². The summed E-state index contributed by atoms with van der Waals surface area (Å²) < 4.78 is 35.7. The average Bonchev–Trinajstić information content (AvgIpc) is 3.79. The first-order valence-corrected chi connectivity index (χ1v) is 23.3. The summed E-state index contributed by atoms with van der Waals surface area (Å²) in [5.74, 6) is 1.90. The van der Waals surface area contributed by atoms with Gasteiger partial charge in [-0.2, -0.15) is 10.4 Å². The van der Waals surface area contributed by atoms with Gasteiger partial charge in [0.15, 0.2) is 16.9 Å².